The van der Waals surface area contributed by atoms with Gasteiger partial charge in [-0.1, -0.05) is 6.07 Å². The van der Waals surface area contributed by atoms with E-state index < -0.39 is 12.2 Å². The number of carbonyl (C=O) groups is 2. The fourth-order valence-corrected chi connectivity index (χ4v) is 4.00. The molecular weight excluding hydrogens is 412 g/mol. The van der Waals surface area contributed by atoms with Gasteiger partial charge < -0.3 is 25.7 Å². The van der Waals surface area contributed by atoms with Crippen molar-refractivity contribution < 1.29 is 19.8 Å². The Balaban J connectivity index is 1.45. The van der Waals surface area contributed by atoms with Crippen LogP contribution in [0.1, 0.15) is 28.9 Å². The second-order valence-electron chi connectivity index (χ2n) is 7.88. The van der Waals surface area contributed by atoms with Crippen LogP contribution in [0.25, 0.3) is 5.65 Å². The summed E-state index contributed by atoms with van der Waals surface area (Å²) in [7, 11) is 1.59. The van der Waals surface area contributed by atoms with Gasteiger partial charge in [0, 0.05) is 43.5 Å². The molecule has 4 N–H and O–H groups in total. The molecule has 3 heterocycles. The number of anilines is 2. The molecule has 0 spiro atoms. The smallest absolute Gasteiger partial charge is 0.407 e. The molecule has 0 saturated carbocycles. The van der Waals surface area contributed by atoms with Crippen LogP contribution in [0.15, 0.2) is 42.5 Å². The lowest BCUT2D eigenvalue weighted by molar-refractivity contribution is 0.0573. The summed E-state index contributed by atoms with van der Waals surface area (Å²) in [5.41, 5.74) is 2.79. The normalized spacial score (nSPS) is 15.5. The molecule has 168 valence electrons. The summed E-state index contributed by atoms with van der Waals surface area (Å²) < 4.78 is 1.71. The number of benzene rings is 1. The van der Waals surface area contributed by atoms with Crippen molar-refractivity contribution in [2.75, 3.05) is 25.5 Å². The molecule has 32 heavy (non-hydrogen) atoms. The van der Waals surface area contributed by atoms with Gasteiger partial charge >= 0.3 is 6.09 Å². The summed E-state index contributed by atoms with van der Waals surface area (Å²) in [5, 5.41) is 30.1. The quantitative estimate of drug-likeness (QED) is 0.463. The summed E-state index contributed by atoms with van der Waals surface area (Å²) in [6.45, 7) is 0.884. The maximum atomic E-state index is 11.7. The molecule has 0 radical (unpaired) electrons. The molecule has 10 nitrogen and oxygen atoms in total. The largest absolute Gasteiger partial charge is 0.465 e. The van der Waals surface area contributed by atoms with Crippen LogP contribution in [0.5, 0.6) is 0 Å². The minimum Gasteiger partial charge on any atom is -0.465 e. The minimum atomic E-state index is -0.909. The number of aliphatic hydroxyl groups is 1. The Morgan fingerprint density at radius 3 is 2.53 bits per heavy atom. The van der Waals surface area contributed by atoms with E-state index in [4.69, 9.17) is 5.11 Å². The Kier molecular flexibility index (Phi) is 6.22. The third kappa shape index (κ3) is 4.65. The van der Waals surface area contributed by atoms with Gasteiger partial charge in [0.15, 0.2) is 5.65 Å². The number of aromatic nitrogens is 3. The molecule has 1 aliphatic heterocycles. The van der Waals surface area contributed by atoms with Crippen molar-refractivity contribution in [1.82, 2.24) is 24.8 Å². The number of nitrogens with one attached hydrogen (secondary N) is 2. The van der Waals surface area contributed by atoms with Crippen molar-refractivity contribution >= 4 is 29.3 Å². The van der Waals surface area contributed by atoms with Gasteiger partial charge in [0.2, 0.25) is 5.95 Å². The highest BCUT2D eigenvalue weighted by Gasteiger charge is 2.28. The molecule has 1 aromatic carbocycles. The maximum absolute atomic E-state index is 11.7. The molecule has 1 atom stereocenters. The lowest BCUT2D eigenvalue weighted by Crippen LogP contribution is -2.41. The average molecular weight is 438 g/mol. The number of carbonyl (C=O) groups excluding carboxylic acids is 1. The molecule has 1 unspecified atom stereocenters. The van der Waals surface area contributed by atoms with Gasteiger partial charge in [-0.3, -0.25) is 4.79 Å². The first-order valence-electron chi connectivity index (χ1n) is 10.5. The Labute approximate surface area is 184 Å². The molecule has 3 aromatic rings. The first-order chi connectivity index (χ1) is 15.4. The standard InChI is InChI=1S/C22H26N6O4/c1-23-20(30)15-5-7-16(8-6-15)24-21-25-19-4-2-3-17(28(19)26-21)13-18(29)14-9-11-27(12-10-14)22(31)32/h2-8,14,18,29H,9-13H2,1H3,(H,23,30)(H,24,26)(H,31,32). The van der Waals surface area contributed by atoms with Crippen molar-refractivity contribution in [3.8, 4) is 0 Å². The van der Waals surface area contributed by atoms with Gasteiger partial charge in [0.05, 0.1) is 6.10 Å². The molecule has 1 aliphatic rings. The second-order valence-corrected chi connectivity index (χ2v) is 7.88. The highest BCUT2D eigenvalue weighted by Crippen LogP contribution is 2.24. The first kappa shape index (κ1) is 21.6. The number of hydrogen-bond donors (Lipinski definition) is 4. The summed E-state index contributed by atoms with van der Waals surface area (Å²) in [5.74, 6) is 0.300. The molecule has 2 amide bonds. The van der Waals surface area contributed by atoms with Crippen molar-refractivity contribution in [3.05, 3.63) is 53.7 Å². The Morgan fingerprint density at radius 1 is 1.16 bits per heavy atom. The SMILES string of the molecule is CNC(=O)c1ccc(Nc2nc3cccc(CC(O)C4CCN(C(=O)O)CC4)n3n2)cc1. The number of carboxylic acid groups (broad SMARTS) is 1. The highest BCUT2D eigenvalue weighted by atomic mass is 16.4. The van der Waals surface area contributed by atoms with Gasteiger partial charge in [0.1, 0.15) is 0 Å². The fourth-order valence-electron chi connectivity index (χ4n) is 4.00. The van der Waals surface area contributed by atoms with E-state index in [0.717, 1.165) is 11.4 Å². The van der Waals surface area contributed by atoms with E-state index in [-0.39, 0.29) is 11.8 Å². The van der Waals surface area contributed by atoms with E-state index in [2.05, 4.69) is 20.7 Å². The maximum Gasteiger partial charge on any atom is 0.407 e. The van der Waals surface area contributed by atoms with E-state index in [1.807, 2.05) is 18.2 Å². The first-order valence-corrected chi connectivity index (χ1v) is 10.5. The van der Waals surface area contributed by atoms with Crippen LogP contribution in [0.3, 0.4) is 0 Å². The van der Waals surface area contributed by atoms with Gasteiger partial charge in [-0.2, -0.15) is 4.98 Å². The van der Waals surface area contributed by atoms with Crippen LogP contribution in [0, 0.1) is 5.92 Å². The number of pyridine rings is 1. The van der Waals surface area contributed by atoms with E-state index in [9.17, 15) is 14.7 Å². The number of likely N-dealkylation sites (tertiary alicyclic amines) is 1. The van der Waals surface area contributed by atoms with E-state index in [1.165, 1.54) is 4.90 Å². The number of piperidine rings is 1. The van der Waals surface area contributed by atoms with Crippen LogP contribution in [0.4, 0.5) is 16.4 Å². The molecule has 1 saturated heterocycles. The average Bonchev–Trinajstić information content (AvgIpc) is 3.22. The monoisotopic (exact) mass is 438 g/mol. The molecule has 4 rings (SSSR count). The lowest BCUT2D eigenvalue weighted by atomic mass is 9.89. The third-order valence-electron chi connectivity index (χ3n) is 5.84. The van der Waals surface area contributed by atoms with Crippen LogP contribution in [-0.4, -0.2) is 68.0 Å². The van der Waals surface area contributed by atoms with Crippen LogP contribution < -0.4 is 10.6 Å². The number of fused-ring (bicyclic) bond motifs is 1. The Bertz CT molecular complexity index is 1110. The van der Waals surface area contributed by atoms with Crippen LogP contribution in [-0.2, 0) is 6.42 Å². The number of rotatable bonds is 6. The van der Waals surface area contributed by atoms with Gasteiger partial charge in [0.25, 0.3) is 5.91 Å². The summed E-state index contributed by atoms with van der Waals surface area (Å²) in [6, 6.07) is 12.6. The number of aliphatic hydroxyl groups excluding tert-OH is 1. The Morgan fingerprint density at radius 2 is 1.88 bits per heavy atom. The van der Waals surface area contributed by atoms with Crippen LogP contribution in [0.2, 0.25) is 0 Å². The minimum absolute atomic E-state index is 0.0424. The van der Waals surface area contributed by atoms with Crippen molar-refractivity contribution in [2.24, 2.45) is 5.92 Å². The van der Waals surface area contributed by atoms with E-state index in [1.54, 1.807) is 35.8 Å². The molecule has 0 bridgehead atoms. The van der Waals surface area contributed by atoms with Crippen molar-refractivity contribution in [1.29, 1.82) is 0 Å². The lowest BCUT2D eigenvalue weighted by Gasteiger charge is -2.32. The summed E-state index contributed by atoms with van der Waals surface area (Å²) in [4.78, 5) is 28.6. The molecule has 1 fully saturated rings. The zero-order chi connectivity index (χ0) is 22.7. The Hall–Kier alpha value is -3.66. The van der Waals surface area contributed by atoms with E-state index in [0.29, 0.717) is 49.5 Å². The molecule has 10 heteroatoms. The number of hydrogen-bond acceptors (Lipinski definition) is 6. The fraction of sp³-hybridized carbons (Fsp3) is 0.364. The summed E-state index contributed by atoms with van der Waals surface area (Å²) in [6.07, 6.45) is 0.181. The molecule has 2 aromatic heterocycles. The zero-order valence-corrected chi connectivity index (χ0v) is 17.7. The predicted octanol–water partition coefficient (Wildman–Crippen LogP) is 2.13. The molecular formula is C22H26N6O4. The third-order valence-corrected chi connectivity index (χ3v) is 5.84. The van der Waals surface area contributed by atoms with Gasteiger partial charge in [-0.15, -0.1) is 5.10 Å². The van der Waals surface area contributed by atoms with Crippen molar-refractivity contribution in [2.45, 2.75) is 25.4 Å². The number of amides is 2. The van der Waals surface area contributed by atoms with Crippen LogP contribution >= 0.6 is 0 Å². The second kappa shape index (κ2) is 9.23. The topological polar surface area (TPSA) is 132 Å². The van der Waals surface area contributed by atoms with Gasteiger partial charge in [-0.05, 0) is 55.2 Å². The van der Waals surface area contributed by atoms with E-state index >= 15 is 0 Å². The molecule has 0 aliphatic carbocycles. The highest BCUT2D eigenvalue weighted by molar-refractivity contribution is 5.94. The van der Waals surface area contributed by atoms with Gasteiger partial charge in [-0.25, -0.2) is 9.31 Å². The number of nitrogens with zero attached hydrogens (tertiary/aromatic N) is 4. The zero-order valence-electron chi connectivity index (χ0n) is 17.7. The van der Waals surface area contributed by atoms with Crippen molar-refractivity contribution in [3.63, 3.8) is 0 Å². The predicted molar refractivity (Wildman–Crippen MR) is 118 cm³/mol. The summed E-state index contributed by atoms with van der Waals surface area (Å²) >= 11 is 0.